The highest BCUT2D eigenvalue weighted by atomic mass is 32.1. The van der Waals surface area contributed by atoms with Crippen LogP contribution < -0.4 is 9.47 Å². The fourth-order valence-electron chi connectivity index (χ4n) is 1.66. The van der Waals surface area contributed by atoms with E-state index < -0.39 is 0 Å². The maximum atomic E-state index is 5.44. The number of benzene rings is 1. The van der Waals surface area contributed by atoms with Gasteiger partial charge in [-0.05, 0) is 37.3 Å². The van der Waals surface area contributed by atoms with Gasteiger partial charge < -0.3 is 18.9 Å². The van der Waals surface area contributed by atoms with Crippen molar-refractivity contribution in [2.24, 2.45) is 0 Å². The second-order valence-electron chi connectivity index (χ2n) is 3.54. The van der Waals surface area contributed by atoms with Gasteiger partial charge in [-0.15, -0.1) is 0 Å². The van der Waals surface area contributed by atoms with Gasteiger partial charge in [0, 0.05) is 5.56 Å². The molecule has 2 rings (SSSR count). The molecule has 0 fully saturated rings. The molecule has 0 atom stereocenters. The Labute approximate surface area is 104 Å². The quantitative estimate of drug-likeness (QED) is 0.850. The van der Waals surface area contributed by atoms with E-state index >= 15 is 0 Å². The standard InChI is InChI=1S/C12H13NO3S/c1-7-11(16-12(17)13-7)8-4-5-9(14-2)10(6-8)15-3/h4-6H,1-3H3,(H,13,17). The third-order valence-electron chi connectivity index (χ3n) is 2.47. The Morgan fingerprint density at radius 1 is 1.18 bits per heavy atom. The maximum absolute atomic E-state index is 5.44. The minimum Gasteiger partial charge on any atom is -0.493 e. The number of rotatable bonds is 3. The van der Waals surface area contributed by atoms with Crippen molar-refractivity contribution in [3.8, 4) is 22.8 Å². The third-order valence-corrected chi connectivity index (χ3v) is 2.66. The SMILES string of the molecule is COc1ccc(-c2oc(=S)[nH]c2C)cc1OC. The highest BCUT2D eigenvalue weighted by molar-refractivity contribution is 7.71. The summed E-state index contributed by atoms with van der Waals surface area (Å²) in [5.74, 6) is 2.06. The number of methoxy groups -OCH3 is 2. The second kappa shape index (κ2) is 4.63. The predicted molar refractivity (Wildman–Crippen MR) is 67.2 cm³/mol. The summed E-state index contributed by atoms with van der Waals surface area (Å²) in [7, 11) is 3.20. The number of hydrogen-bond donors (Lipinski definition) is 1. The average Bonchev–Trinajstić information content (AvgIpc) is 2.67. The summed E-state index contributed by atoms with van der Waals surface area (Å²) >= 11 is 4.95. The third kappa shape index (κ3) is 2.19. The number of ether oxygens (including phenoxy) is 2. The first-order valence-electron chi connectivity index (χ1n) is 5.08. The molecule has 0 aliphatic heterocycles. The van der Waals surface area contributed by atoms with Gasteiger partial charge in [0.2, 0.25) is 0 Å². The minimum absolute atomic E-state index is 0.368. The van der Waals surface area contributed by atoms with Gasteiger partial charge in [0.25, 0.3) is 4.84 Å². The Morgan fingerprint density at radius 2 is 1.88 bits per heavy atom. The topological polar surface area (TPSA) is 47.4 Å². The Balaban J connectivity index is 2.53. The van der Waals surface area contributed by atoms with Crippen molar-refractivity contribution < 1.29 is 13.9 Å². The zero-order valence-electron chi connectivity index (χ0n) is 9.87. The van der Waals surface area contributed by atoms with Crippen molar-refractivity contribution in [1.82, 2.24) is 4.98 Å². The summed E-state index contributed by atoms with van der Waals surface area (Å²) in [6, 6.07) is 5.59. The van der Waals surface area contributed by atoms with E-state index in [9.17, 15) is 0 Å². The maximum Gasteiger partial charge on any atom is 0.266 e. The van der Waals surface area contributed by atoms with E-state index in [0.29, 0.717) is 16.3 Å². The summed E-state index contributed by atoms with van der Waals surface area (Å²) < 4.78 is 15.9. The Bertz CT molecular complexity index is 586. The van der Waals surface area contributed by atoms with Crippen LogP contribution in [0, 0.1) is 11.8 Å². The van der Waals surface area contributed by atoms with Gasteiger partial charge in [-0.25, -0.2) is 0 Å². The van der Waals surface area contributed by atoms with Gasteiger partial charge >= 0.3 is 0 Å². The van der Waals surface area contributed by atoms with E-state index in [2.05, 4.69) is 4.98 Å². The van der Waals surface area contributed by atoms with Crippen molar-refractivity contribution in [2.75, 3.05) is 14.2 Å². The van der Waals surface area contributed by atoms with Gasteiger partial charge in [-0.2, -0.15) is 0 Å². The molecular weight excluding hydrogens is 238 g/mol. The molecule has 1 N–H and O–H groups in total. The van der Waals surface area contributed by atoms with Crippen molar-refractivity contribution in [3.05, 3.63) is 28.7 Å². The molecule has 1 aromatic carbocycles. The molecular formula is C12H13NO3S. The van der Waals surface area contributed by atoms with Crippen LogP contribution in [0.4, 0.5) is 0 Å². The van der Waals surface area contributed by atoms with Crippen LogP contribution in [0.25, 0.3) is 11.3 Å². The summed E-state index contributed by atoms with van der Waals surface area (Å²) in [6.07, 6.45) is 0. The molecule has 17 heavy (non-hydrogen) atoms. The molecule has 0 aliphatic rings. The highest BCUT2D eigenvalue weighted by Gasteiger charge is 2.11. The molecule has 0 aliphatic carbocycles. The number of hydrogen-bond acceptors (Lipinski definition) is 4. The van der Waals surface area contributed by atoms with Crippen LogP contribution in [0.1, 0.15) is 5.69 Å². The van der Waals surface area contributed by atoms with Crippen molar-refractivity contribution in [1.29, 1.82) is 0 Å². The van der Waals surface area contributed by atoms with Crippen LogP contribution in [-0.4, -0.2) is 19.2 Å². The van der Waals surface area contributed by atoms with Gasteiger partial charge in [0.1, 0.15) is 0 Å². The fraction of sp³-hybridized carbons (Fsp3) is 0.250. The first-order valence-corrected chi connectivity index (χ1v) is 5.48. The van der Waals surface area contributed by atoms with Gasteiger partial charge in [-0.3, -0.25) is 0 Å². The molecule has 2 aromatic rings. The lowest BCUT2D eigenvalue weighted by Gasteiger charge is -2.08. The lowest BCUT2D eigenvalue weighted by atomic mass is 10.1. The second-order valence-corrected chi connectivity index (χ2v) is 3.91. The lowest BCUT2D eigenvalue weighted by molar-refractivity contribution is 0.355. The monoisotopic (exact) mass is 251 g/mol. The average molecular weight is 251 g/mol. The Kier molecular flexibility index (Phi) is 3.19. The number of aromatic amines is 1. The number of H-pyrrole nitrogens is 1. The summed E-state index contributed by atoms with van der Waals surface area (Å²) in [6.45, 7) is 1.91. The van der Waals surface area contributed by atoms with Gasteiger partial charge in [0.05, 0.1) is 19.9 Å². The zero-order chi connectivity index (χ0) is 12.4. The van der Waals surface area contributed by atoms with E-state index in [-0.39, 0.29) is 0 Å². The van der Waals surface area contributed by atoms with Gasteiger partial charge in [-0.1, -0.05) is 0 Å². The summed E-state index contributed by atoms with van der Waals surface area (Å²) in [5.41, 5.74) is 1.79. The van der Waals surface area contributed by atoms with Crippen LogP contribution in [0.3, 0.4) is 0 Å². The van der Waals surface area contributed by atoms with Crippen LogP contribution in [0.5, 0.6) is 11.5 Å². The van der Waals surface area contributed by atoms with Gasteiger partial charge in [0.15, 0.2) is 17.3 Å². The van der Waals surface area contributed by atoms with E-state index in [1.54, 1.807) is 14.2 Å². The Hall–Kier alpha value is -1.75. The number of oxazole rings is 1. The molecule has 0 saturated heterocycles. The lowest BCUT2D eigenvalue weighted by Crippen LogP contribution is -1.90. The van der Waals surface area contributed by atoms with Crippen molar-refractivity contribution in [2.45, 2.75) is 6.92 Å². The number of nitrogens with one attached hydrogen (secondary N) is 1. The van der Waals surface area contributed by atoms with Crippen LogP contribution >= 0.6 is 12.2 Å². The largest absolute Gasteiger partial charge is 0.493 e. The molecule has 0 saturated carbocycles. The molecule has 0 amide bonds. The van der Waals surface area contributed by atoms with Crippen molar-refractivity contribution >= 4 is 12.2 Å². The molecule has 1 heterocycles. The van der Waals surface area contributed by atoms with E-state index in [4.69, 9.17) is 26.1 Å². The van der Waals surface area contributed by atoms with Crippen LogP contribution in [0.2, 0.25) is 0 Å². The van der Waals surface area contributed by atoms with Crippen molar-refractivity contribution in [3.63, 3.8) is 0 Å². The van der Waals surface area contributed by atoms with Crippen LogP contribution in [0.15, 0.2) is 22.6 Å². The molecule has 0 unspecified atom stereocenters. The fourth-order valence-corrected chi connectivity index (χ4v) is 1.89. The predicted octanol–water partition coefficient (Wildman–Crippen LogP) is 3.33. The molecule has 0 spiro atoms. The molecule has 0 radical (unpaired) electrons. The zero-order valence-corrected chi connectivity index (χ0v) is 10.7. The first-order chi connectivity index (χ1) is 8.15. The summed E-state index contributed by atoms with van der Waals surface area (Å²) in [5, 5.41) is 0. The van der Waals surface area contributed by atoms with E-state index in [1.165, 1.54) is 0 Å². The number of aromatic nitrogens is 1. The highest BCUT2D eigenvalue weighted by Crippen LogP contribution is 2.33. The molecule has 0 bridgehead atoms. The Morgan fingerprint density at radius 3 is 2.41 bits per heavy atom. The van der Waals surface area contributed by atoms with Crippen LogP contribution in [-0.2, 0) is 0 Å². The summed E-state index contributed by atoms with van der Waals surface area (Å²) in [4.78, 5) is 3.32. The molecule has 90 valence electrons. The minimum atomic E-state index is 0.368. The van der Waals surface area contributed by atoms with E-state index in [0.717, 1.165) is 17.0 Å². The molecule has 1 aromatic heterocycles. The normalized spacial score (nSPS) is 10.3. The van der Waals surface area contributed by atoms with E-state index in [1.807, 2.05) is 25.1 Å². The smallest absolute Gasteiger partial charge is 0.266 e. The molecule has 5 heteroatoms. The first kappa shape index (κ1) is 11.7. The molecule has 4 nitrogen and oxygen atoms in total. The number of aryl methyl sites for hydroxylation is 1.